The van der Waals surface area contributed by atoms with Crippen LogP contribution < -0.4 is 4.74 Å². The second-order valence-corrected chi connectivity index (χ2v) is 7.57. The van der Waals surface area contributed by atoms with Gasteiger partial charge in [0.05, 0.1) is 7.11 Å². The summed E-state index contributed by atoms with van der Waals surface area (Å²) >= 11 is 6.07. The molecule has 1 aromatic rings. The molecule has 0 saturated heterocycles. The molecule has 0 spiro atoms. The van der Waals surface area contributed by atoms with E-state index in [4.69, 9.17) is 16.3 Å². The van der Waals surface area contributed by atoms with Crippen molar-refractivity contribution < 1.29 is 9.13 Å². The normalized spacial score (nSPS) is 28.3. The second kappa shape index (κ2) is 7.25. The minimum atomic E-state index is -0.292. The lowest BCUT2D eigenvalue weighted by Crippen LogP contribution is -2.18. The zero-order chi connectivity index (χ0) is 16.4. The number of halogens is 2. The molecule has 1 atom stereocenters. The van der Waals surface area contributed by atoms with E-state index in [1.807, 2.05) is 6.07 Å². The van der Waals surface area contributed by atoms with E-state index in [1.54, 1.807) is 11.6 Å². The van der Waals surface area contributed by atoms with Gasteiger partial charge in [-0.15, -0.1) is 0 Å². The van der Waals surface area contributed by atoms with Crippen molar-refractivity contribution in [3.8, 4) is 5.75 Å². The Kier molecular flexibility index (Phi) is 5.31. The first-order valence-electron chi connectivity index (χ1n) is 8.81. The summed E-state index contributed by atoms with van der Waals surface area (Å²) in [7, 11) is 1.52. The number of benzene rings is 1. The molecule has 1 fully saturated rings. The van der Waals surface area contributed by atoms with E-state index in [2.05, 4.69) is 13.0 Å². The molecule has 0 radical (unpaired) electrons. The van der Waals surface area contributed by atoms with Crippen LogP contribution in [0.1, 0.15) is 63.4 Å². The molecule has 1 nitrogen and oxygen atoms in total. The minimum absolute atomic E-state index is 0.121. The van der Waals surface area contributed by atoms with Crippen molar-refractivity contribution in [2.45, 2.75) is 57.8 Å². The Hall–Kier alpha value is -1.02. The Labute approximate surface area is 143 Å². The highest BCUT2D eigenvalue weighted by Crippen LogP contribution is 2.43. The molecule has 0 heterocycles. The van der Waals surface area contributed by atoms with Crippen molar-refractivity contribution in [1.29, 1.82) is 0 Å². The zero-order valence-electron chi connectivity index (χ0n) is 14.1. The predicted octanol–water partition coefficient (Wildman–Crippen LogP) is 6.51. The van der Waals surface area contributed by atoms with E-state index in [9.17, 15) is 4.39 Å². The molecule has 3 rings (SSSR count). The van der Waals surface area contributed by atoms with Crippen LogP contribution >= 0.6 is 11.6 Å². The summed E-state index contributed by atoms with van der Waals surface area (Å²) in [5.74, 6) is 1.97. The number of ether oxygens (including phenoxy) is 1. The third-order valence-corrected chi connectivity index (χ3v) is 6.05. The van der Waals surface area contributed by atoms with Crippen LogP contribution in [0.25, 0.3) is 0 Å². The lowest BCUT2D eigenvalue weighted by Gasteiger charge is -2.33. The van der Waals surface area contributed by atoms with Gasteiger partial charge in [0.2, 0.25) is 0 Å². The van der Waals surface area contributed by atoms with Crippen molar-refractivity contribution in [3.63, 3.8) is 0 Å². The summed E-state index contributed by atoms with van der Waals surface area (Å²) < 4.78 is 19.6. The van der Waals surface area contributed by atoms with Gasteiger partial charge in [-0.25, -0.2) is 4.39 Å². The van der Waals surface area contributed by atoms with Crippen molar-refractivity contribution in [2.75, 3.05) is 7.11 Å². The number of hydrogen-bond acceptors (Lipinski definition) is 1. The van der Waals surface area contributed by atoms with E-state index in [0.29, 0.717) is 5.75 Å². The SMILES string of the molecule is COc1ccc(C2CCC(C3=CCC(C)CC3)CC2)c(F)c1Cl. The van der Waals surface area contributed by atoms with Gasteiger partial charge in [0.15, 0.2) is 0 Å². The first-order chi connectivity index (χ1) is 11.1. The molecule has 1 aromatic carbocycles. The van der Waals surface area contributed by atoms with Gasteiger partial charge >= 0.3 is 0 Å². The quantitative estimate of drug-likeness (QED) is 0.572. The van der Waals surface area contributed by atoms with Gasteiger partial charge in [0.25, 0.3) is 0 Å². The first kappa shape index (κ1) is 16.8. The maximum absolute atomic E-state index is 14.5. The summed E-state index contributed by atoms with van der Waals surface area (Å²) in [4.78, 5) is 0. The highest BCUT2D eigenvalue weighted by atomic mass is 35.5. The smallest absolute Gasteiger partial charge is 0.149 e. The van der Waals surface area contributed by atoms with E-state index >= 15 is 0 Å². The fourth-order valence-corrected chi connectivity index (χ4v) is 4.40. The van der Waals surface area contributed by atoms with Gasteiger partial charge in [0.1, 0.15) is 16.6 Å². The molecule has 0 bridgehead atoms. The van der Waals surface area contributed by atoms with E-state index in [-0.39, 0.29) is 16.8 Å². The molecular formula is C20H26ClFO. The van der Waals surface area contributed by atoms with Crippen LogP contribution in [0.15, 0.2) is 23.8 Å². The lowest BCUT2D eigenvalue weighted by atomic mass is 9.73. The van der Waals surface area contributed by atoms with Crippen LogP contribution in [0.4, 0.5) is 4.39 Å². The van der Waals surface area contributed by atoms with Crippen molar-refractivity contribution in [1.82, 2.24) is 0 Å². The van der Waals surface area contributed by atoms with Crippen LogP contribution in [0.5, 0.6) is 5.75 Å². The molecule has 0 N–H and O–H groups in total. The van der Waals surface area contributed by atoms with E-state index in [0.717, 1.165) is 30.2 Å². The van der Waals surface area contributed by atoms with Crippen molar-refractivity contribution in [3.05, 3.63) is 40.2 Å². The van der Waals surface area contributed by atoms with Gasteiger partial charge in [-0.2, -0.15) is 0 Å². The lowest BCUT2D eigenvalue weighted by molar-refractivity contribution is 0.338. The van der Waals surface area contributed by atoms with Crippen LogP contribution in [-0.2, 0) is 0 Å². The van der Waals surface area contributed by atoms with Crippen LogP contribution in [0, 0.1) is 17.7 Å². The largest absolute Gasteiger partial charge is 0.495 e. The van der Waals surface area contributed by atoms with E-state index < -0.39 is 0 Å². The first-order valence-corrected chi connectivity index (χ1v) is 9.18. The topological polar surface area (TPSA) is 9.23 Å². The number of allylic oxidation sites excluding steroid dienone is 2. The molecule has 1 saturated carbocycles. The van der Waals surface area contributed by atoms with Crippen molar-refractivity contribution in [2.24, 2.45) is 11.8 Å². The highest BCUT2D eigenvalue weighted by molar-refractivity contribution is 6.32. The van der Waals surface area contributed by atoms with Gasteiger partial charge in [-0.05, 0) is 74.3 Å². The third kappa shape index (κ3) is 3.57. The Bertz CT molecular complexity index is 588. The average Bonchev–Trinajstić information content (AvgIpc) is 2.58. The molecule has 1 unspecified atom stereocenters. The maximum Gasteiger partial charge on any atom is 0.149 e. The molecule has 126 valence electrons. The minimum Gasteiger partial charge on any atom is -0.495 e. The standard InChI is InChI=1S/C20H26ClFO/c1-13-3-5-14(6-4-13)15-7-9-16(10-8-15)17-11-12-18(23-2)19(21)20(17)22/h5,11-13,15-16H,3-4,6-10H2,1-2H3. The van der Waals surface area contributed by atoms with Gasteiger partial charge in [-0.1, -0.05) is 36.2 Å². The summed E-state index contributed by atoms with van der Waals surface area (Å²) in [5.41, 5.74) is 2.43. The van der Waals surface area contributed by atoms with Gasteiger partial charge in [0, 0.05) is 0 Å². The Morgan fingerprint density at radius 2 is 1.78 bits per heavy atom. The number of methoxy groups -OCH3 is 1. The molecule has 2 aliphatic carbocycles. The molecule has 0 aliphatic heterocycles. The van der Waals surface area contributed by atoms with Crippen molar-refractivity contribution >= 4 is 11.6 Å². The monoisotopic (exact) mass is 336 g/mol. The fraction of sp³-hybridized carbons (Fsp3) is 0.600. The van der Waals surface area contributed by atoms with Gasteiger partial charge < -0.3 is 4.74 Å². The van der Waals surface area contributed by atoms with Crippen LogP contribution in [0.3, 0.4) is 0 Å². The zero-order valence-corrected chi connectivity index (χ0v) is 14.8. The Morgan fingerprint density at radius 3 is 2.39 bits per heavy atom. The summed E-state index contributed by atoms with van der Waals surface area (Å²) in [6.45, 7) is 2.33. The summed E-state index contributed by atoms with van der Waals surface area (Å²) in [5, 5.41) is 0.121. The van der Waals surface area contributed by atoms with Crippen LogP contribution in [-0.4, -0.2) is 7.11 Å². The van der Waals surface area contributed by atoms with Gasteiger partial charge in [-0.3, -0.25) is 0 Å². The molecule has 3 heteroatoms. The second-order valence-electron chi connectivity index (χ2n) is 7.19. The molecule has 23 heavy (non-hydrogen) atoms. The summed E-state index contributed by atoms with van der Waals surface area (Å²) in [6.07, 6.45) is 10.8. The third-order valence-electron chi connectivity index (χ3n) is 5.70. The average molecular weight is 337 g/mol. The Morgan fingerprint density at radius 1 is 1.09 bits per heavy atom. The molecular weight excluding hydrogens is 311 g/mol. The summed E-state index contributed by atoms with van der Waals surface area (Å²) in [6, 6.07) is 3.64. The van der Waals surface area contributed by atoms with Crippen LogP contribution in [0.2, 0.25) is 5.02 Å². The predicted molar refractivity (Wildman–Crippen MR) is 93.8 cm³/mol. The fourth-order valence-electron chi connectivity index (χ4n) is 4.15. The number of hydrogen-bond donors (Lipinski definition) is 0. The molecule has 2 aliphatic rings. The number of rotatable bonds is 3. The maximum atomic E-state index is 14.5. The highest BCUT2D eigenvalue weighted by Gasteiger charge is 2.28. The molecule has 0 aromatic heterocycles. The van der Waals surface area contributed by atoms with E-state index in [1.165, 1.54) is 39.2 Å². The Balaban J connectivity index is 1.66. The molecule has 0 amide bonds.